The lowest BCUT2D eigenvalue weighted by atomic mass is 10.6. The van der Waals surface area contributed by atoms with Crippen LogP contribution in [0.4, 0.5) is 5.69 Å². The summed E-state index contributed by atoms with van der Waals surface area (Å²) in [7, 11) is 3.45. The number of nitrogens with one attached hydrogen (secondary N) is 1. The molecule has 1 heterocycles. The minimum absolute atomic E-state index is 0.745. The van der Waals surface area contributed by atoms with Crippen LogP contribution in [-0.2, 0) is 7.05 Å². The number of nitrogens with zero attached hydrogens (tertiary/aromatic N) is 2. The second kappa shape index (κ2) is 3.09. The highest BCUT2D eigenvalue weighted by Crippen LogP contribution is 2.23. The van der Waals surface area contributed by atoms with Crippen molar-refractivity contribution < 1.29 is 4.74 Å². The maximum absolute atomic E-state index is 5.04. The molecule has 56 valence electrons. The van der Waals surface area contributed by atoms with E-state index in [9.17, 15) is 0 Å². The lowest BCUT2D eigenvalue weighted by Gasteiger charge is -2.00. The van der Waals surface area contributed by atoms with E-state index in [1.54, 1.807) is 18.0 Å². The fraction of sp³-hybridized carbons (Fsp3) is 0.400. The first kappa shape index (κ1) is 7.64. The van der Waals surface area contributed by atoms with Gasteiger partial charge in [0.2, 0.25) is 5.88 Å². The summed E-state index contributed by atoms with van der Waals surface area (Å²) in [5, 5.41) is 3.98. The number of hydrogen-bond donors (Lipinski definition) is 1. The molecule has 0 unspecified atom stereocenters. The predicted octanol–water partition coefficient (Wildman–Crippen LogP) is 1.19. The highest BCUT2D eigenvalue weighted by atomic mass is 127. The van der Waals surface area contributed by atoms with E-state index in [0.29, 0.717) is 0 Å². The molecule has 0 amide bonds. The molecule has 0 bridgehead atoms. The van der Waals surface area contributed by atoms with Crippen molar-refractivity contribution in [2.24, 2.45) is 7.05 Å². The van der Waals surface area contributed by atoms with Crippen molar-refractivity contribution in [1.82, 2.24) is 9.78 Å². The molecular weight excluding hydrogens is 245 g/mol. The molecule has 10 heavy (non-hydrogen) atoms. The summed E-state index contributed by atoms with van der Waals surface area (Å²) in [5.74, 6) is 0.745. The molecule has 1 rings (SSSR count). The van der Waals surface area contributed by atoms with Gasteiger partial charge < -0.3 is 8.27 Å². The zero-order valence-electron chi connectivity index (χ0n) is 5.76. The maximum Gasteiger partial charge on any atom is 0.236 e. The summed E-state index contributed by atoms with van der Waals surface area (Å²) >= 11 is 2.03. The van der Waals surface area contributed by atoms with Crippen molar-refractivity contribution in [2.45, 2.75) is 0 Å². The Bertz CT molecular complexity index is 223. The molecule has 0 aliphatic rings. The van der Waals surface area contributed by atoms with Crippen molar-refractivity contribution >= 4 is 28.6 Å². The standard InChI is InChI=1S/C5H8IN3O/c1-9-5(10-2)4(8-6)3-7-9/h3,8H,1-2H3. The number of anilines is 1. The zero-order chi connectivity index (χ0) is 7.56. The van der Waals surface area contributed by atoms with Gasteiger partial charge in [0.25, 0.3) is 0 Å². The van der Waals surface area contributed by atoms with E-state index in [1.807, 2.05) is 29.9 Å². The van der Waals surface area contributed by atoms with E-state index < -0.39 is 0 Å². The molecule has 1 aromatic rings. The van der Waals surface area contributed by atoms with Gasteiger partial charge in [-0.25, -0.2) is 4.68 Å². The van der Waals surface area contributed by atoms with Gasteiger partial charge in [0.05, 0.1) is 36.2 Å². The molecule has 0 saturated carbocycles. The molecule has 4 nitrogen and oxygen atoms in total. The summed E-state index contributed by atoms with van der Waals surface area (Å²) in [6.45, 7) is 0. The maximum atomic E-state index is 5.04. The molecule has 0 fully saturated rings. The van der Waals surface area contributed by atoms with Crippen LogP contribution in [0.2, 0.25) is 0 Å². The quantitative estimate of drug-likeness (QED) is 0.635. The van der Waals surface area contributed by atoms with Crippen LogP contribution < -0.4 is 8.27 Å². The Balaban J connectivity index is 3.01. The molecule has 1 aromatic heterocycles. The van der Waals surface area contributed by atoms with E-state index in [2.05, 4.69) is 8.63 Å². The Morgan fingerprint density at radius 2 is 2.50 bits per heavy atom. The van der Waals surface area contributed by atoms with E-state index in [1.165, 1.54) is 0 Å². The Morgan fingerprint density at radius 3 is 2.90 bits per heavy atom. The number of methoxy groups -OCH3 is 1. The molecular formula is C5H8IN3O. The van der Waals surface area contributed by atoms with Gasteiger partial charge in [-0.3, -0.25) is 0 Å². The number of aryl methyl sites for hydroxylation is 1. The Morgan fingerprint density at radius 1 is 1.80 bits per heavy atom. The van der Waals surface area contributed by atoms with Crippen molar-refractivity contribution in [2.75, 3.05) is 10.6 Å². The third-order valence-electron chi connectivity index (χ3n) is 1.18. The third kappa shape index (κ3) is 1.18. The highest BCUT2D eigenvalue weighted by Gasteiger charge is 2.05. The van der Waals surface area contributed by atoms with Crippen LogP contribution in [-0.4, -0.2) is 16.9 Å². The number of hydrogen-bond acceptors (Lipinski definition) is 3. The lowest BCUT2D eigenvalue weighted by molar-refractivity contribution is 0.375. The van der Waals surface area contributed by atoms with Crippen molar-refractivity contribution in [3.63, 3.8) is 0 Å². The monoisotopic (exact) mass is 253 g/mol. The Kier molecular flexibility index (Phi) is 2.36. The van der Waals surface area contributed by atoms with Crippen LogP contribution in [0.3, 0.4) is 0 Å². The van der Waals surface area contributed by atoms with Gasteiger partial charge in [0, 0.05) is 7.05 Å². The van der Waals surface area contributed by atoms with E-state index in [4.69, 9.17) is 4.74 Å². The Hall–Kier alpha value is -0.460. The smallest absolute Gasteiger partial charge is 0.236 e. The first-order chi connectivity index (χ1) is 4.79. The molecule has 0 saturated heterocycles. The molecule has 0 spiro atoms. The topological polar surface area (TPSA) is 39.1 Å². The largest absolute Gasteiger partial charge is 0.480 e. The zero-order valence-corrected chi connectivity index (χ0v) is 7.92. The van der Waals surface area contributed by atoms with E-state index >= 15 is 0 Å². The second-order valence-electron chi connectivity index (χ2n) is 1.79. The van der Waals surface area contributed by atoms with Gasteiger partial charge in [-0.1, -0.05) is 0 Å². The van der Waals surface area contributed by atoms with Gasteiger partial charge in [-0.2, -0.15) is 5.10 Å². The average molecular weight is 253 g/mol. The number of halogens is 1. The molecule has 0 aliphatic heterocycles. The van der Waals surface area contributed by atoms with Crippen molar-refractivity contribution in [3.8, 4) is 5.88 Å². The van der Waals surface area contributed by atoms with Gasteiger partial charge >= 0.3 is 0 Å². The SMILES string of the molecule is COc1c(NI)cnn1C. The number of ether oxygens (including phenoxy) is 1. The second-order valence-corrected chi connectivity index (χ2v) is 2.32. The van der Waals surface area contributed by atoms with Gasteiger partial charge in [-0.05, 0) is 0 Å². The fourth-order valence-electron chi connectivity index (χ4n) is 0.733. The molecule has 0 aromatic carbocycles. The lowest BCUT2D eigenvalue weighted by Crippen LogP contribution is -1.95. The minimum atomic E-state index is 0.745. The third-order valence-corrected chi connectivity index (χ3v) is 1.76. The first-order valence-electron chi connectivity index (χ1n) is 2.72. The number of aromatic nitrogens is 2. The fourth-order valence-corrected chi connectivity index (χ4v) is 1.10. The van der Waals surface area contributed by atoms with Gasteiger partial charge in [0.1, 0.15) is 5.69 Å². The van der Waals surface area contributed by atoms with Gasteiger partial charge in [-0.15, -0.1) is 0 Å². The first-order valence-corrected chi connectivity index (χ1v) is 3.80. The molecule has 0 aliphatic carbocycles. The Labute approximate surface area is 73.1 Å². The van der Waals surface area contributed by atoms with E-state index in [-0.39, 0.29) is 0 Å². The summed E-state index contributed by atoms with van der Waals surface area (Å²) in [6.07, 6.45) is 1.71. The number of rotatable bonds is 2. The minimum Gasteiger partial charge on any atom is -0.480 e. The van der Waals surface area contributed by atoms with Crippen molar-refractivity contribution in [3.05, 3.63) is 6.20 Å². The predicted molar refractivity (Wildman–Crippen MR) is 47.4 cm³/mol. The van der Waals surface area contributed by atoms with Crippen LogP contribution in [0.15, 0.2) is 6.20 Å². The summed E-state index contributed by atoms with van der Waals surface area (Å²) in [5.41, 5.74) is 0.894. The highest BCUT2D eigenvalue weighted by molar-refractivity contribution is 14.1. The summed E-state index contributed by atoms with van der Waals surface area (Å²) in [6, 6.07) is 0. The van der Waals surface area contributed by atoms with E-state index in [0.717, 1.165) is 11.6 Å². The summed E-state index contributed by atoms with van der Waals surface area (Å²) < 4.78 is 9.64. The van der Waals surface area contributed by atoms with Crippen LogP contribution in [0.5, 0.6) is 5.88 Å². The van der Waals surface area contributed by atoms with Crippen molar-refractivity contribution in [1.29, 1.82) is 0 Å². The van der Waals surface area contributed by atoms with Crippen LogP contribution in [0, 0.1) is 0 Å². The summed E-state index contributed by atoms with van der Waals surface area (Å²) in [4.78, 5) is 0. The normalized spacial score (nSPS) is 9.50. The van der Waals surface area contributed by atoms with Crippen LogP contribution >= 0.6 is 22.9 Å². The van der Waals surface area contributed by atoms with Crippen LogP contribution in [0.25, 0.3) is 0 Å². The molecule has 5 heteroatoms. The van der Waals surface area contributed by atoms with Gasteiger partial charge in [0.15, 0.2) is 0 Å². The average Bonchev–Trinajstić information content (AvgIpc) is 2.30. The molecule has 0 atom stereocenters. The molecule has 1 N–H and O–H groups in total. The molecule has 0 radical (unpaired) electrons. The van der Waals surface area contributed by atoms with Crippen LogP contribution in [0.1, 0.15) is 0 Å².